The molecule has 2 heteroatoms. The first-order valence-corrected chi connectivity index (χ1v) is 11.4. The molecule has 0 bridgehead atoms. The lowest BCUT2D eigenvalue weighted by molar-refractivity contribution is 1.01. The highest BCUT2D eigenvalue weighted by atomic mass is 15.0. The summed E-state index contributed by atoms with van der Waals surface area (Å²) in [6, 6.07) is 41.5. The molecule has 0 saturated heterocycles. The van der Waals surface area contributed by atoms with E-state index in [0.717, 1.165) is 0 Å². The highest BCUT2D eigenvalue weighted by molar-refractivity contribution is 6.31. The number of aromatic nitrogens is 2. The molecule has 0 fully saturated rings. The van der Waals surface area contributed by atoms with Gasteiger partial charge in [0.25, 0.3) is 0 Å². The lowest BCUT2D eigenvalue weighted by atomic mass is 9.98. The summed E-state index contributed by atoms with van der Waals surface area (Å²) in [5.74, 6) is 0. The third-order valence-corrected chi connectivity index (χ3v) is 6.91. The van der Waals surface area contributed by atoms with Gasteiger partial charge >= 0.3 is 0 Å². The van der Waals surface area contributed by atoms with Crippen LogP contribution in [0, 0.1) is 0 Å². The third kappa shape index (κ3) is 2.49. The van der Waals surface area contributed by atoms with Crippen LogP contribution in [0.1, 0.15) is 0 Å². The average molecular weight is 423 g/mol. The standard InChI is InChI=1S/C31H22N2/c1-32-26-18-10-8-16-23(26)29-28(32)20-25(21-12-4-2-5-13-21)31-30(29)24-17-9-11-19-27(24)33(31)22-14-6-3-7-15-22/h2-20H,1H3. The van der Waals surface area contributed by atoms with Crippen molar-refractivity contribution in [1.82, 2.24) is 9.13 Å². The number of hydrogen-bond donors (Lipinski definition) is 0. The van der Waals surface area contributed by atoms with Crippen LogP contribution in [0.2, 0.25) is 0 Å². The Morgan fingerprint density at radius 3 is 1.82 bits per heavy atom. The fraction of sp³-hybridized carbons (Fsp3) is 0.0323. The van der Waals surface area contributed by atoms with E-state index in [1.165, 1.54) is 60.4 Å². The van der Waals surface area contributed by atoms with E-state index < -0.39 is 0 Å². The summed E-state index contributed by atoms with van der Waals surface area (Å²) in [6.07, 6.45) is 0. The van der Waals surface area contributed by atoms with E-state index in [2.05, 4.69) is 131 Å². The van der Waals surface area contributed by atoms with Gasteiger partial charge in [-0.05, 0) is 35.9 Å². The molecule has 0 saturated carbocycles. The first-order chi connectivity index (χ1) is 16.3. The molecular formula is C31H22N2. The van der Waals surface area contributed by atoms with Gasteiger partial charge in [-0.25, -0.2) is 0 Å². The van der Waals surface area contributed by atoms with Crippen molar-refractivity contribution in [3.05, 3.63) is 115 Å². The van der Waals surface area contributed by atoms with E-state index in [0.29, 0.717) is 0 Å². The van der Waals surface area contributed by atoms with Crippen molar-refractivity contribution in [2.24, 2.45) is 7.05 Å². The van der Waals surface area contributed by atoms with E-state index in [4.69, 9.17) is 0 Å². The molecule has 5 aromatic carbocycles. The predicted molar refractivity (Wildman–Crippen MR) is 140 cm³/mol. The molecule has 0 radical (unpaired) electrons. The van der Waals surface area contributed by atoms with E-state index in [-0.39, 0.29) is 0 Å². The smallest absolute Gasteiger partial charge is 0.0627 e. The Hall–Kier alpha value is -4.30. The summed E-state index contributed by atoms with van der Waals surface area (Å²) in [5, 5.41) is 5.24. The van der Waals surface area contributed by atoms with Gasteiger partial charge in [0.05, 0.1) is 16.6 Å². The van der Waals surface area contributed by atoms with Gasteiger partial charge in [-0.15, -0.1) is 0 Å². The van der Waals surface area contributed by atoms with Gasteiger partial charge in [-0.1, -0.05) is 84.9 Å². The minimum Gasteiger partial charge on any atom is -0.344 e. The molecule has 0 aliphatic heterocycles. The third-order valence-electron chi connectivity index (χ3n) is 6.91. The molecule has 0 atom stereocenters. The molecular weight excluding hydrogens is 400 g/mol. The fourth-order valence-corrected chi connectivity index (χ4v) is 5.48. The molecule has 7 rings (SSSR count). The number of aryl methyl sites for hydroxylation is 1. The van der Waals surface area contributed by atoms with Gasteiger partial charge < -0.3 is 9.13 Å². The molecule has 2 heterocycles. The Labute approximate surface area is 191 Å². The lowest BCUT2D eigenvalue weighted by Crippen LogP contribution is -1.96. The monoisotopic (exact) mass is 422 g/mol. The molecule has 0 aliphatic rings. The fourth-order valence-electron chi connectivity index (χ4n) is 5.48. The second kappa shape index (κ2) is 6.85. The quantitative estimate of drug-likeness (QED) is 0.266. The minimum atomic E-state index is 1.18. The van der Waals surface area contributed by atoms with E-state index >= 15 is 0 Å². The second-order valence-electron chi connectivity index (χ2n) is 8.67. The van der Waals surface area contributed by atoms with Crippen molar-refractivity contribution < 1.29 is 0 Å². The van der Waals surface area contributed by atoms with Crippen LogP contribution in [0.25, 0.3) is 60.4 Å². The highest BCUT2D eigenvalue weighted by Gasteiger charge is 2.22. The van der Waals surface area contributed by atoms with E-state index in [1.54, 1.807) is 0 Å². The first kappa shape index (κ1) is 18.3. The maximum atomic E-state index is 2.44. The Bertz CT molecular complexity index is 1800. The molecule has 0 aliphatic carbocycles. The summed E-state index contributed by atoms with van der Waals surface area (Å²) < 4.78 is 4.78. The van der Waals surface area contributed by atoms with Crippen LogP contribution in [0.3, 0.4) is 0 Å². The number of nitrogens with zero attached hydrogens (tertiary/aromatic N) is 2. The summed E-state index contributed by atoms with van der Waals surface area (Å²) in [5.41, 5.74) is 8.68. The zero-order valence-corrected chi connectivity index (χ0v) is 18.4. The Morgan fingerprint density at radius 2 is 1.09 bits per heavy atom. The number of hydrogen-bond acceptors (Lipinski definition) is 0. The van der Waals surface area contributed by atoms with Crippen LogP contribution in [0.4, 0.5) is 0 Å². The van der Waals surface area contributed by atoms with Gasteiger partial charge in [0.1, 0.15) is 0 Å². The largest absolute Gasteiger partial charge is 0.344 e. The SMILES string of the molecule is Cn1c2ccccc2c2c3c4ccccc4n(-c4ccccc4)c3c(-c3ccccc3)cc21. The summed E-state index contributed by atoms with van der Waals surface area (Å²) >= 11 is 0. The molecule has 2 nitrogen and oxygen atoms in total. The maximum absolute atomic E-state index is 2.44. The van der Waals surface area contributed by atoms with E-state index in [9.17, 15) is 0 Å². The summed E-state index contributed by atoms with van der Waals surface area (Å²) in [6.45, 7) is 0. The predicted octanol–water partition coefficient (Wildman–Crippen LogP) is 8.10. The molecule has 0 amide bonds. The van der Waals surface area contributed by atoms with E-state index in [1.807, 2.05) is 0 Å². The molecule has 0 unspecified atom stereocenters. The van der Waals surface area contributed by atoms with Gasteiger partial charge in [-0.3, -0.25) is 0 Å². The molecule has 2 aromatic heterocycles. The molecule has 0 spiro atoms. The van der Waals surface area contributed by atoms with Crippen LogP contribution < -0.4 is 0 Å². The summed E-state index contributed by atoms with van der Waals surface area (Å²) in [4.78, 5) is 0. The van der Waals surface area contributed by atoms with Crippen LogP contribution in [0.5, 0.6) is 0 Å². The first-order valence-electron chi connectivity index (χ1n) is 11.4. The zero-order valence-electron chi connectivity index (χ0n) is 18.4. The Balaban J connectivity index is 1.83. The van der Waals surface area contributed by atoms with Crippen molar-refractivity contribution in [2.45, 2.75) is 0 Å². The topological polar surface area (TPSA) is 9.86 Å². The lowest BCUT2D eigenvalue weighted by Gasteiger charge is -2.13. The normalized spacial score (nSPS) is 11.8. The van der Waals surface area contributed by atoms with Crippen LogP contribution in [-0.4, -0.2) is 9.13 Å². The second-order valence-corrected chi connectivity index (χ2v) is 8.67. The Morgan fingerprint density at radius 1 is 0.515 bits per heavy atom. The van der Waals surface area contributed by atoms with Crippen LogP contribution in [0.15, 0.2) is 115 Å². The number of rotatable bonds is 2. The number of fused-ring (bicyclic) bond motifs is 7. The molecule has 33 heavy (non-hydrogen) atoms. The molecule has 7 aromatic rings. The van der Waals surface area contributed by atoms with Crippen molar-refractivity contribution >= 4 is 43.6 Å². The van der Waals surface area contributed by atoms with Crippen LogP contribution >= 0.6 is 0 Å². The van der Waals surface area contributed by atoms with Crippen molar-refractivity contribution in [1.29, 1.82) is 0 Å². The number of para-hydroxylation sites is 3. The van der Waals surface area contributed by atoms with Gasteiger partial charge in [0.2, 0.25) is 0 Å². The Kier molecular flexibility index (Phi) is 3.80. The maximum Gasteiger partial charge on any atom is 0.0627 e. The van der Waals surface area contributed by atoms with Crippen molar-refractivity contribution in [2.75, 3.05) is 0 Å². The van der Waals surface area contributed by atoms with Crippen molar-refractivity contribution in [3.8, 4) is 16.8 Å². The van der Waals surface area contributed by atoms with Crippen LogP contribution in [-0.2, 0) is 7.05 Å². The highest BCUT2D eigenvalue weighted by Crippen LogP contribution is 2.45. The minimum absolute atomic E-state index is 1.18. The van der Waals surface area contributed by atoms with Gasteiger partial charge in [-0.2, -0.15) is 0 Å². The van der Waals surface area contributed by atoms with Gasteiger partial charge in [0, 0.05) is 45.4 Å². The van der Waals surface area contributed by atoms with Crippen molar-refractivity contribution in [3.63, 3.8) is 0 Å². The van der Waals surface area contributed by atoms with Gasteiger partial charge in [0.15, 0.2) is 0 Å². The zero-order chi connectivity index (χ0) is 21.9. The molecule has 156 valence electrons. The average Bonchev–Trinajstić information content (AvgIpc) is 3.37. The molecule has 0 N–H and O–H groups in total. The summed E-state index contributed by atoms with van der Waals surface area (Å²) in [7, 11) is 2.18. The number of benzene rings is 5.